The largest absolute Gasteiger partial charge is 0.356 e. The molecule has 1 N–H and O–H groups in total. The number of nitrogens with one attached hydrogen (secondary N) is 1. The zero-order valence-electron chi connectivity index (χ0n) is 17.2. The molecule has 0 spiro atoms. The highest BCUT2D eigenvalue weighted by atomic mass is 32.2. The number of fused-ring (bicyclic) bond motifs is 3. The molecule has 0 saturated carbocycles. The van der Waals surface area contributed by atoms with Gasteiger partial charge in [-0.15, -0.1) is 11.8 Å². The molecule has 150 valence electrons. The normalized spacial score (nSPS) is 15.9. The SMILES string of the molecule is CSc1ccc(C2c3[nH]c4ccccc4c3CCN2C(=O)c2ccc(C)cc2)cc1. The third-order valence-electron chi connectivity index (χ3n) is 6.03. The minimum absolute atomic E-state index is 0.0817. The van der Waals surface area contributed by atoms with Crippen LogP contribution in [0.15, 0.2) is 77.7 Å². The number of H-pyrrole nitrogens is 1. The van der Waals surface area contributed by atoms with E-state index in [0.717, 1.165) is 34.3 Å². The van der Waals surface area contributed by atoms with E-state index in [-0.39, 0.29) is 11.9 Å². The smallest absolute Gasteiger partial charge is 0.254 e. The lowest BCUT2D eigenvalue weighted by Crippen LogP contribution is -2.40. The molecule has 2 heterocycles. The van der Waals surface area contributed by atoms with Gasteiger partial charge in [-0.25, -0.2) is 0 Å². The Hall–Kier alpha value is -2.98. The van der Waals surface area contributed by atoms with E-state index < -0.39 is 0 Å². The van der Waals surface area contributed by atoms with Crippen LogP contribution in [0.5, 0.6) is 0 Å². The van der Waals surface area contributed by atoms with Gasteiger partial charge >= 0.3 is 0 Å². The lowest BCUT2D eigenvalue weighted by atomic mass is 9.91. The molecule has 5 rings (SSSR count). The van der Waals surface area contributed by atoms with Crippen molar-refractivity contribution >= 4 is 28.6 Å². The van der Waals surface area contributed by atoms with E-state index in [4.69, 9.17) is 0 Å². The Kier molecular flexibility index (Phi) is 4.87. The van der Waals surface area contributed by atoms with Crippen molar-refractivity contribution in [3.8, 4) is 0 Å². The summed E-state index contributed by atoms with van der Waals surface area (Å²) in [5.41, 5.74) is 6.65. The molecule has 1 atom stereocenters. The zero-order valence-corrected chi connectivity index (χ0v) is 18.0. The first-order valence-corrected chi connectivity index (χ1v) is 11.5. The van der Waals surface area contributed by atoms with Crippen molar-refractivity contribution in [3.05, 3.63) is 101 Å². The Morgan fingerprint density at radius 3 is 2.47 bits per heavy atom. The number of nitrogens with zero attached hydrogens (tertiary/aromatic N) is 1. The maximum Gasteiger partial charge on any atom is 0.254 e. The van der Waals surface area contributed by atoms with Gasteiger partial charge in [0.2, 0.25) is 0 Å². The summed E-state index contributed by atoms with van der Waals surface area (Å²) in [6, 6.07) is 24.8. The highest BCUT2D eigenvalue weighted by Crippen LogP contribution is 2.39. The first kappa shape index (κ1) is 19.0. The molecule has 0 aliphatic carbocycles. The summed E-state index contributed by atoms with van der Waals surface area (Å²) >= 11 is 1.73. The summed E-state index contributed by atoms with van der Waals surface area (Å²) in [6.07, 6.45) is 2.94. The van der Waals surface area contributed by atoms with Crippen LogP contribution >= 0.6 is 11.8 Å². The molecule has 1 unspecified atom stereocenters. The van der Waals surface area contributed by atoms with Gasteiger partial charge in [-0.05, 0) is 61.1 Å². The molecule has 4 aromatic rings. The van der Waals surface area contributed by atoms with E-state index in [1.165, 1.54) is 15.8 Å². The van der Waals surface area contributed by atoms with Gasteiger partial charge < -0.3 is 9.88 Å². The number of para-hydroxylation sites is 1. The average Bonchev–Trinajstić information content (AvgIpc) is 3.17. The second kappa shape index (κ2) is 7.69. The van der Waals surface area contributed by atoms with Crippen LogP contribution in [0.3, 0.4) is 0 Å². The molecule has 1 aliphatic heterocycles. The van der Waals surface area contributed by atoms with E-state index in [1.54, 1.807) is 11.8 Å². The molecule has 0 radical (unpaired) electrons. The number of thioether (sulfide) groups is 1. The van der Waals surface area contributed by atoms with Gasteiger partial charge in [0.15, 0.2) is 0 Å². The molecular formula is C26H24N2OS. The van der Waals surface area contributed by atoms with Crippen LogP contribution in [0.25, 0.3) is 10.9 Å². The van der Waals surface area contributed by atoms with Crippen LogP contribution in [0.4, 0.5) is 0 Å². The van der Waals surface area contributed by atoms with E-state index in [0.29, 0.717) is 6.54 Å². The number of amides is 1. The summed E-state index contributed by atoms with van der Waals surface area (Å²) in [5, 5.41) is 1.26. The molecule has 3 aromatic carbocycles. The third kappa shape index (κ3) is 3.21. The highest BCUT2D eigenvalue weighted by molar-refractivity contribution is 7.98. The van der Waals surface area contributed by atoms with Crippen molar-refractivity contribution in [3.63, 3.8) is 0 Å². The molecule has 0 saturated heterocycles. The number of carbonyl (C=O) groups is 1. The summed E-state index contributed by atoms with van der Waals surface area (Å²) < 4.78 is 0. The molecule has 1 aromatic heterocycles. The van der Waals surface area contributed by atoms with E-state index in [9.17, 15) is 4.79 Å². The lowest BCUT2D eigenvalue weighted by Gasteiger charge is -2.36. The number of rotatable bonds is 3. The van der Waals surface area contributed by atoms with E-state index >= 15 is 0 Å². The maximum atomic E-state index is 13.6. The molecule has 0 fully saturated rings. The second-order valence-electron chi connectivity index (χ2n) is 7.85. The number of aromatic amines is 1. The third-order valence-corrected chi connectivity index (χ3v) is 6.77. The minimum atomic E-state index is -0.120. The minimum Gasteiger partial charge on any atom is -0.356 e. The predicted molar refractivity (Wildman–Crippen MR) is 124 cm³/mol. The van der Waals surface area contributed by atoms with Crippen molar-refractivity contribution < 1.29 is 4.79 Å². The Balaban J connectivity index is 1.64. The monoisotopic (exact) mass is 412 g/mol. The van der Waals surface area contributed by atoms with Crippen LogP contribution in [0.2, 0.25) is 0 Å². The molecular weight excluding hydrogens is 388 g/mol. The standard InChI is InChI=1S/C26H24N2OS/c1-17-7-9-19(10-8-17)26(29)28-16-15-22-21-5-3-4-6-23(21)27-24(22)25(28)18-11-13-20(30-2)14-12-18/h3-14,25,27H,15-16H2,1-2H3. The van der Waals surface area contributed by atoms with E-state index in [1.807, 2.05) is 36.1 Å². The van der Waals surface area contributed by atoms with E-state index in [2.05, 4.69) is 59.8 Å². The summed E-state index contributed by atoms with van der Waals surface area (Å²) in [5.74, 6) is 0.0817. The van der Waals surface area contributed by atoms with Crippen molar-refractivity contribution in [1.29, 1.82) is 0 Å². The molecule has 0 bridgehead atoms. The van der Waals surface area contributed by atoms with Gasteiger partial charge in [-0.2, -0.15) is 0 Å². The van der Waals surface area contributed by atoms with Gasteiger partial charge in [-0.1, -0.05) is 48.0 Å². The molecule has 4 heteroatoms. The number of hydrogen-bond donors (Lipinski definition) is 1. The number of carbonyl (C=O) groups excluding carboxylic acids is 1. The topological polar surface area (TPSA) is 36.1 Å². The highest BCUT2D eigenvalue weighted by Gasteiger charge is 2.34. The van der Waals surface area contributed by atoms with Gasteiger partial charge in [0.1, 0.15) is 0 Å². The molecule has 3 nitrogen and oxygen atoms in total. The zero-order chi connectivity index (χ0) is 20.7. The van der Waals surface area contributed by atoms with Crippen LogP contribution < -0.4 is 0 Å². The van der Waals surface area contributed by atoms with Crippen LogP contribution in [-0.4, -0.2) is 28.6 Å². The van der Waals surface area contributed by atoms with Crippen molar-refractivity contribution in [2.75, 3.05) is 12.8 Å². The predicted octanol–water partition coefficient (Wildman–Crippen LogP) is 5.99. The van der Waals surface area contributed by atoms with Crippen molar-refractivity contribution in [2.24, 2.45) is 0 Å². The fraction of sp³-hybridized carbons (Fsp3) is 0.192. The first-order valence-electron chi connectivity index (χ1n) is 10.3. The Morgan fingerprint density at radius 2 is 1.73 bits per heavy atom. The first-order chi connectivity index (χ1) is 14.7. The van der Waals surface area contributed by atoms with Gasteiger partial charge in [0.25, 0.3) is 5.91 Å². The number of aryl methyl sites for hydroxylation is 1. The van der Waals surface area contributed by atoms with Crippen molar-refractivity contribution in [1.82, 2.24) is 9.88 Å². The number of aromatic nitrogens is 1. The fourth-order valence-corrected chi connectivity index (χ4v) is 4.86. The molecule has 1 aliphatic rings. The summed E-state index contributed by atoms with van der Waals surface area (Å²) in [6.45, 7) is 2.75. The van der Waals surface area contributed by atoms with Crippen molar-refractivity contribution in [2.45, 2.75) is 24.3 Å². The van der Waals surface area contributed by atoms with Crippen LogP contribution in [-0.2, 0) is 6.42 Å². The fourth-order valence-electron chi connectivity index (χ4n) is 4.45. The Labute approximate surface area is 181 Å². The van der Waals surface area contributed by atoms with Gasteiger partial charge in [0, 0.05) is 33.6 Å². The van der Waals surface area contributed by atoms with Gasteiger partial charge in [-0.3, -0.25) is 4.79 Å². The van der Waals surface area contributed by atoms with Crippen LogP contribution in [0, 0.1) is 6.92 Å². The Bertz CT molecular complexity index is 1210. The molecule has 1 amide bonds. The average molecular weight is 413 g/mol. The second-order valence-corrected chi connectivity index (χ2v) is 8.73. The number of benzene rings is 3. The summed E-state index contributed by atoms with van der Waals surface area (Å²) in [7, 11) is 0. The lowest BCUT2D eigenvalue weighted by molar-refractivity contribution is 0.0692. The van der Waals surface area contributed by atoms with Gasteiger partial charge in [0.05, 0.1) is 6.04 Å². The molecule has 30 heavy (non-hydrogen) atoms. The Morgan fingerprint density at radius 1 is 1.00 bits per heavy atom. The summed E-state index contributed by atoms with van der Waals surface area (Å²) in [4.78, 5) is 20.4. The number of hydrogen-bond acceptors (Lipinski definition) is 2. The quantitative estimate of drug-likeness (QED) is 0.420. The van der Waals surface area contributed by atoms with Crippen LogP contribution in [0.1, 0.15) is 38.8 Å². The maximum absolute atomic E-state index is 13.6.